The van der Waals surface area contributed by atoms with Crippen LogP contribution in [0.4, 0.5) is 15.3 Å². The van der Waals surface area contributed by atoms with Gasteiger partial charge in [-0.3, -0.25) is 9.69 Å². The van der Waals surface area contributed by atoms with E-state index < -0.39 is 25.5 Å². The third-order valence-corrected chi connectivity index (χ3v) is 12.4. The minimum absolute atomic E-state index is 0.0991. The lowest BCUT2D eigenvalue weighted by molar-refractivity contribution is 0.00613. The summed E-state index contributed by atoms with van der Waals surface area (Å²) in [6, 6.07) is 23.2. The number of halogens is 2. The summed E-state index contributed by atoms with van der Waals surface area (Å²) in [6.45, 7) is 14.4. The number of carbonyl (C=O) groups excluding carboxylic acids is 2. The summed E-state index contributed by atoms with van der Waals surface area (Å²) in [5.74, 6) is -0.349. The van der Waals surface area contributed by atoms with Gasteiger partial charge in [-0.25, -0.2) is 19.2 Å². The first-order valence-electron chi connectivity index (χ1n) is 18.6. The van der Waals surface area contributed by atoms with E-state index in [9.17, 15) is 14.0 Å². The first kappa shape index (κ1) is 40.5. The van der Waals surface area contributed by atoms with Gasteiger partial charge in [0.15, 0.2) is 22.4 Å². The Bertz CT molecular complexity index is 2140. The molecule has 3 heterocycles. The molecule has 0 bridgehead atoms. The number of aryl methyl sites for hydroxylation is 1. The van der Waals surface area contributed by atoms with Gasteiger partial charge < -0.3 is 19.1 Å². The molecule has 0 radical (unpaired) electrons. The molecule has 0 atom stereocenters. The van der Waals surface area contributed by atoms with Gasteiger partial charge in [0.1, 0.15) is 18.1 Å². The summed E-state index contributed by atoms with van der Waals surface area (Å²) in [5.41, 5.74) is 3.65. The SMILES string of the molecule is CC(C)(C)OC(=O)c1nc(N2CCc3cccc(C(=O)N(COCC[Si](C)(C)C)c4nc5ccccc5s4)c3C2)ccc1CCCOc1ccc(Br)cc1F. The fraction of sp³-hybridized carbons (Fsp3) is 0.381. The number of thiazole rings is 1. The van der Waals surface area contributed by atoms with Gasteiger partial charge in [0.25, 0.3) is 5.91 Å². The molecule has 0 aliphatic carbocycles. The molecule has 3 aromatic carbocycles. The van der Waals surface area contributed by atoms with Gasteiger partial charge in [-0.1, -0.05) is 77.2 Å². The van der Waals surface area contributed by atoms with Gasteiger partial charge >= 0.3 is 5.97 Å². The lowest BCUT2D eigenvalue weighted by Crippen LogP contribution is -2.37. The number of ether oxygens (including phenoxy) is 3. The van der Waals surface area contributed by atoms with Gasteiger partial charge in [-0.2, -0.15) is 0 Å². The number of esters is 1. The van der Waals surface area contributed by atoms with E-state index in [4.69, 9.17) is 24.2 Å². The van der Waals surface area contributed by atoms with E-state index in [0.717, 1.165) is 27.4 Å². The average molecular weight is 848 g/mol. The second-order valence-electron chi connectivity index (χ2n) is 15.9. The Morgan fingerprint density at radius 2 is 1.80 bits per heavy atom. The maximum absolute atomic E-state index is 14.6. The highest BCUT2D eigenvalue weighted by molar-refractivity contribution is 9.10. The summed E-state index contributed by atoms with van der Waals surface area (Å²) >= 11 is 4.74. The number of fused-ring (bicyclic) bond motifs is 2. The molecule has 0 spiro atoms. The van der Waals surface area contributed by atoms with Crippen molar-refractivity contribution in [2.45, 2.75) is 77.9 Å². The van der Waals surface area contributed by atoms with Crippen molar-refractivity contribution in [3.63, 3.8) is 0 Å². The van der Waals surface area contributed by atoms with E-state index in [1.54, 1.807) is 17.0 Å². The Hall–Kier alpha value is -4.17. The van der Waals surface area contributed by atoms with Crippen LogP contribution in [0.5, 0.6) is 5.75 Å². The Labute approximate surface area is 336 Å². The highest BCUT2D eigenvalue weighted by atomic mass is 79.9. The van der Waals surface area contributed by atoms with Gasteiger partial charge in [0.05, 0.1) is 16.8 Å². The largest absolute Gasteiger partial charge is 0.491 e. The van der Waals surface area contributed by atoms with E-state index in [1.807, 2.05) is 69.3 Å². The van der Waals surface area contributed by atoms with Crippen LogP contribution in [0.2, 0.25) is 25.7 Å². The van der Waals surface area contributed by atoms with Crippen molar-refractivity contribution in [1.29, 1.82) is 0 Å². The zero-order valence-electron chi connectivity index (χ0n) is 32.3. The van der Waals surface area contributed by atoms with Crippen molar-refractivity contribution >= 4 is 68.4 Å². The van der Waals surface area contributed by atoms with Gasteiger partial charge in [-0.15, -0.1) is 0 Å². The van der Waals surface area contributed by atoms with Crippen LogP contribution in [-0.2, 0) is 28.9 Å². The van der Waals surface area contributed by atoms with E-state index in [-0.39, 0.29) is 30.7 Å². The van der Waals surface area contributed by atoms with E-state index in [0.29, 0.717) is 65.5 Å². The molecule has 1 amide bonds. The Morgan fingerprint density at radius 3 is 2.55 bits per heavy atom. The van der Waals surface area contributed by atoms with Gasteiger partial charge in [-0.05, 0) is 105 Å². The Balaban J connectivity index is 1.24. The third-order valence-electron chi connectivity index (χ3n) is 9.10. The van der Waals surface area contributed by atoms with Crippen molar-refractivity contribution in [3.8, 4) is 5.75 Å². The van der Waals surface area contributed by atoms with Crippen molar-refractivity contribution < 1.29 is 28.2 Å². The van der Waals surface area contributed by atoms with Crippen LogP contribution < -0.4 is 14.5 Å². The second-order valence-corrected chi connectivity index (χ2v) is 23.4. The molecule has 5 aromatic rings. The maximum Gasteiger partial charge on any atom is 0.357 e. The van der Waals surface area contributed by atoms with Crippen LogP contribution in [0.1, 0.15) is 64.7 Å². The molecular weight excluding hydrogens is 800 g/mol. The number of hydrogen-bond acceptors (Lipinski definition) is 9. The molecule has 1 aliphatic heterocycles. The number of nitrogens with zero attached hydrogens (tertiary/aromatic N) is 4. The molecule has 0 saturated carbocycles. The number of carbonyl (C=O) groups is 2. The minimum Gasteiger partial charge on any atom is -0.491 e. The Morgan fingerprint density at radius 1 is 1.00 bits per heavy atom. The number of rotatable bonds is 14. The number of aromatic nitrogens is 2. The van der Waals surface area contributed by atoms with Crippen LogP contribution in [0, 0.1) is 5.82 Å². The quantitative estimate of drug-likeness (QED) is 0.0472. The monoisotopic (exact) mass is 846 g/mol. The molecule has 0 saturated heterocycles. The second kappa shape index (κ2) is 17.3. The zero-order chi connectivity index (χ0) is 39.3. The number of pyridine rings is 1. The molecule has 2 aromatic heterocycles. The van der Waals surface area contributed by atoms with Crippen molar-refractivity contribution in [2.75, 3.05) is 36.3 Å². The predicted octanol–water partition coefficient (Wildman–Crippen LogP) is 10.1. The molecule has 0 fully saturated rings. The third kappa shape index (κ3) is 10.6. The number of anilines is 2. The zero-order valence-corrected chi connectivity index (χ0v) is 35.7. The summed E-state index contributed by atoms with van der Waals surface area (Å²) in [5, 5.41) is 0.594. The minimum atomic E-state index is -1.34. The lowest BCUT2D eigenvalue weighted by Gasteiger charge is -2.32. The molecule has 1 aliphatic rings. The van der Waals surface area contributed by atoms with Crippen molar-refractivity contribution in [3.05, 3.63) is 111 Å². The maximum atomic E-state index is 14.6. The molecule has 0 N–H and O–H groups in total. The number of benzene rings is 3. The van der Waals surface area contributed by atoms with E-state index in [2.05, 4.69) is 46.5 Å². The summed E-state index contributed by atoms with van der Waals surface area (Å²) in [4.78, 5) is 41.6. The van der Waals surface area contributed by atoms with E-state index >= 15 is 0 Å². The standard InChI is InChI=1S/C42H48BrFN4O5SSi/c1-42(2,3)53-40(50)38-29(12-10-22-52-35-18-17-30(43)25-33(35)44)16-19-37(46-38)47-21-20-28-11-9-13-31(32(28)26-47)39(49)48(27-51-23-24-55(4,5)6)41-45-34-14-7-8-15-36(34)54-41/h7-9,11,13-19,25H,10,12,20-24,26-27H2,1-6H3. The van der Waals surface area contributed by atoms with E-state index in [1.165, 1.54) is 17.4 Å². The topological polar surface area (TPSA) is 94.1 Å². The van der Waals surface area contributed by atoms with Crippen LogP contribution in [0.3, 0.4) is 0 Å². The summed E-state index contributed by atoms with van der Waals surface area (Å²) in [7, 11) is -1.34. The smallest absolute Gasteiger partial charge is 0.357 e. The number of hydrogen-bond donors (Lipinski definition) is 0. The van der Waals surface area contributed by atoms with Crippen molar-refractivity contribution in [1.82, 2.24) is 9.97 Å². The molecule has 6 rings (SSSR count). The summed E-state index contributed by atoms with van der Waals surface area (Å²) < 4.78 is 33.6. The van der Waals surface area contributed by atoms with Crippen molar-refractivity contribution in [2.24, 2.45) is 0 Å². The molecular formula is C42H48BrFN4O5SSi. The number of amides is 1. The average Bonchev–Trinajstić information content (AvgIpc) is 3.56. The first-order chi connectivity index (χ1) is 26.1. The fourth-order valence-electron chi connectivity index (χ4n) is 6.23. The lowest BCUT2D eigenvalue weighted by atomic mass is 9.94. The molecule has 9 nitrogen and oxygen atoms in total. The van der Waals surface area contributed by atoms with Crippen LogP contribution in [-0.4, -0.2) is 62.0 Å². The predicted molar refractivity (Wildman–Crippen MR) is 224 cm³/mol. The Kier molecular flexibility index (Phi) is 12.7. The van der Waals surface area contributed by atoms with Gasteiger partial charge in [0.2, 0.25) is 0 Å². The molecule has 0 unspecified atom stereocenters. The van der Waals surface area contributed by atoms with Crippen LogP contribution in [0.25, 0.3) is 10.2 Å². The highest BCUT2D eigenvalue weighted by Crippen LogP contribution is 2.33. The number of para-hydroxylation sites is 1. The highest BCUT2D eigenvalue weighted by Gasteiger charge is 2.29. The van der Waals surface area contributed by atoms with Crippen LogP contribution in [0.15, 0.2) is 77.3 Å². The molecule has 290 valence electrons. The van der Waals surface area contributed by atoms with Gasteiger partial charge in [0, 0.05) is 37.8 Å². The van der Waals surface area contributed by atoms with Crippen LogP contribution >= 0.6 is 27.3 Å². The fourth-order valence-corrected chi connectivity index (χ4v) is 8.27. The molecule has 13 heteroatoms. The molecule has 55 heavy (non-hydrogen) atoms. The summed E-state index contributed by atoms with van der Waals surface area (Å²) in [6.07, 6.45) is 1.70. The normalized spacial score (nSPS) is 13.1. The first-order valence-corrected chi connectivity index (χ1v) is 23.9.